The Balaban J connectivity index is 1.25. The first-order chi connectivity index (χ1) is 13.5. The van der Waals surface area contributed by atoms with Crippen LogP contribution in [0, 0.1) is 23.1 Å². The van der Waals surface area contributed by atoms with Crippen molar-refractivity contribution in [3.63, 3.8) is 0 Å². The Kier molecular flexibility index (Phi) is 3.93. The molecule has 5 rings (SSSR count). The number of piperidine rings is 1. The van der Waals surface area contributed by atoms with Gasteiger partial charge in [-0.1, -0.05) is 0 Å². The second-order valence-electron chi connectivity index (χ2n) is 8.34. The molecule has 1 aromatic rings. The van der Waals surface area contributed by atoms with Crippen LogP contribution in [0.25, 0.3) is 0 Å². The molecular formula is C20H22FN5O2. The van der Waals surface area contributed by atoms with E-state index in [1.54, 1.807) is 21.9 Å². The molecule has 2 N–H and O–H groups in total. The van der Waals surface area contributed by atoms with Gasteiger partial charge in [0.25, 0.3) is 0 Å². The number of carbonyl (C=O) groups excluding carboxylic acids is 2. The van der Waals surface area contributed by atoms with Crippen molar-refractivity contribution >= 4 is 17.5 Å². The van der Waals surface area contributed by atoms with Crippen LogP contribution in [-0.4, -0.2) is 64.9 Å². The van der Waals surface area contributed by atoms with Crippen LogP contribution < -0.4 is 10.6 Å². The van der Waals surface area contributed by atoms with Gasteiger partial charge in [0.15, 0.2) is 0 Å². The Morgan fingerprint density at radius 3 is 2.71 bits per heavy atom. The number of nitrogens with two attached hydrogens (primary N) is 1. The molecule has 0 radical (unpaired) electrons. The number of rotatable bonds is 4. The highest BCUT2D eigenvalue weighted by molar-refractivity contribution is 6.01. The third-order valence-corrected chi connectivity index (χ3v) is 6.63. The fraction of sp³-hybridized carbons (Fsp3) is 0.550. The van der Waals surface area contributed by atoms with Gasteiger partial charge in [-0.2, -0.15) is 5.26 Å². The standard InChI is InChI=1S/C20H22FN5O2/c21-12-1-3-13(4-2-12)25-15-7-18(20(25)28)24(9-15)10-16(23)19(27)26-14(8-22)5-11-6-17(11)26/h1-4,11,14-18H,5-7,9-10,23H2/t11-,14+,15?,16+,17+,18+/m1/s1. The van der Waals surface area contributed by atoms with Crippen LogP contribution >= 0.6 is 0 Å². The molecule has 4 fully saturated rings. The first-order valence-electron chi connectivity index (χ1n) is 9.78. The monoisotopic (exact) mass is 383 g/mol. The van der Waals surface area contributed by atoms with E-state index >= 15 is 0 Å². The van der Waals surface area contributed by atoms with Crippen molar-refractivity contribution in [1.29, 1.82) is 5.26 Å². The number of nitrogens with zero attached hydrogens (tertiary/aromatic N) is 4. The van der Waals surface area contributed by atoms with Crippen molar-refractivity contribution in [3.05, 3.63) is 30.1 Å². The summed E-state index contributed by atoms with van der Waals surface area (Å²) in [5, 5.41) is 9.30. The molecule has 1 aliphatic carbocycles. The summed E-state index contributed by atoms with van der Waals surface area (Å²) in [5.74, 6) is -0.0837. The highest BCUT2D eigenvalue weighted by Gasteiger charge is 2.55. The van der Waals surface area contributed by atoms with E-state index in [4.69, 9.17) is 5.73 Å². The molecule has 0 spiro atoms. The highest BCUT2D eigenvalue weighted by Crippen LogP contribution is 2.47. The molecule has 8 heteroatoms. The molecule has 146 valence electrons. The zero-order valence-corrected chi connectivity index (χ0v) is 15.4. The average molecular weight is 383 g/mol. The molecule has 3 heterocycles. The second kappa shape index (κ2) is 6.26. The number of halogens is 1. The van der Waals surface area contributed by atoms with Gasteiger partial charge in [-0.3, -0.25) is 14.5 Å². The van der Waals surface area contributed by atoms with Gasteiger partial charge >= 0.3 is 0 Å². The van der Waals surface area contributed by atoms with E-state index in [2.05, 4.69) is 6.07 Å². The van der Waals surface area contributed by atoms with Gasteiger partial charge in [0, 0.05) is 24.8 Å². The van der Waals surface area contributed by atoms with Gasteiger partial charge in [-0.25, -0.2) is 4.39 Å². The molecule has 4 aliphatic rings. The first-order valence-corrected chi connectivity index (χ1v) is 9.78. The molecule has 1 saturated carbocycles. The maximum absolute atomic E-state index is 13.2. The number of hydrogen-bond donors (Lipinski definition) is 1. The van der Waals surface area contributed by atoms with Gasteiger partial charge in [-0.05, 0) is 49.4 Å². The van der Waals surface area contributed by atoms with E-state index in [1.807, 2.05) is 4.90 Å². The quantitative estimate of drug-likeness (QED) is 0.815. The van der Waals surface area contributed by atoms with E-state index in [0.29, 0.717) is 31.1 Å². The van der Waals surface area contributed by atoms with E-state index in [0.717, 1.165) is 12.8 Å². The lowest BCUT2D eigenvalue weighted by Crippen LogP contribution is -2.57. The summed E-state index contributed by atoms with van der Waals surface area (Å²) in [7, 11) is 0. The molecule has 7 nitrogen and oxygen atoms in total. The molecule has 6 atom stereocenters. The van der Waals surface area contributed by atoms with E-state index in [1.165, 1.54) is 12.1 Å². The van der Waals surface area contributed by atoms with Crippen LogP contribution in [0.5, 0.6) is 0 Å². The molecule has 1 unspecified atom stereocenters. The van der Waals surface area contributed by atoms with Crippen LogP contribution in [0.1, 0.15) is 19.3 Å². The summed E-state index contributed by atoms with van der Waals surface area (Å²) < 4.78 is 13.2. The van der Waals surface area contributed by atoms with E-state index < -0.39 is 6.04 Å². The number of anilines is 1. The van der Waals surface area contributed by atoms with Gasteiger partial charge in [-0.15, -0.1) is 0 Å². The normalized spacial score (nSPS) is 34.5. The number of piperazine rings is 1. The first kappa shape index (κ1) is 17.6. The molecule has 3 aliphatic heterocycles. The van der Waals surface area contributed by atoms with Crippen molar-refractivity contribution in [3.8, 4) is 6.07 Å². The second-order valence-corrected chi connectivity index (χ2v) is 8.34. The van der Waals surface area contributed by atoms with E-state index in [-0.39, 0.29) is 41.8 Å². The molecule has 3 saturated heterocycles. The molecule has 2 amide bonds. The van der Waals surface area contributed by atoms with Gasteiger partial charge in [0.2, 0.25) is 11.8 Å². The minimum Gasteiger partial charge on any atom is -0.322 e. The minimum atomic E-state index is -0.735. The Labute approximate surface area is 162 Å². The minimum absolute atomic E-state index is 0.0109. The van der Waals surface area contributed by atoms with Gasteiger partial charge in [0.05, 0.1) is 24.2 Å². The maximum Gasteiger partial charge on any atom is 0.244 e. The molecule has 28 heavy (non-hydrogen) atoms. The Morgan fingerprint density at radius 1 is 1.29 bits per heavy atom. The van der Waals surface area contributed by atoms with Crippen molar-refractivity contribution in [1.82, 2.24) is 9.80 Å². The fourth-order valence-corrected chi connectivity index (χ4v) is 5.22. The SMILES string of the molecule is N#C[C@@H]1C[C@@H]2C[C@@H]2N1C(=O)[C@@H](N)CN1CC2C[C@H]1C(=O)N2c1ccc(F)cc1. The zero-order chi connectivity index (χ0) is 19.6. The number of likely N-dealkylation sites (tertiary alicyclic amines) is 2. The van der Waals surface area contributed by atoms with Crippen LogP contribution in [0.4, 0.5) is 10.1 Å². The summed E-state index contributed by atoms with van der Waals surface area (Å²) in [5.41, 5.74) is 6.91. The number of nitriles is 1. The predicted octanol–water partition coefficient (Wildman–Crippen LogP) is 0.455. The van der Waals surface area contributed by atoms with Crippen LogP contribution in [0.3, 0.4) is 0 Å². The average Bonchev–Trinajstić information content (AvgIpc) is 3.02. The molecule has 2 bridgehead atoms. The summed E-state index contributed by atoms with van der Waals surface area (Å²) in [6.07, 6.45) is 2.40. The number of hydrogen-bond acceptors (Lipinski definition) is 5. The Bertz CT molecular complexity index is 868. The smallest absolute Gasteiger partial charge is 0.244 e. The fourth-order valence-electron chi connectivity index (χ4n) is 5.22. The topological polar surface area (TPSA) is 93.7 Å². The molecule has 1 aromatic carbocycles. The number of benzene rings is 1. The number of amides is 2. The third kappa shape index (κ3) is 2.61. The third-order valence-electron chi connectivity index (χ3n) is 6.63. The lowest BCUT2D eigenvalue weighted by atomic mass is 10.1. The van der Waals surface area contributed by atoms with Gasteiger partial charge < -0.3 is 15.5 Å². The Morgan fingerprint density at radius 2 is 2.04 bits per heavy atom. The largest absolute Gasteiger partial charge is 0.322 e. The summed E-state index contributed by atoms with van der Waals surface area (Å²) >= 11 is 0. The summed E-state index contributed by atoms with van der Waals surface area (Å²) in [6.45, 7) is 0.956. The lowest BCUT2D eigenvalue weighted by Gasteiger charge is -2.35. The summed E-state index contributed by atoms with van der Waals surface area (Å²) in [6, 6.07) is 6.95. The van der Waals surface area contributed by atoms with Crippen molar-refractivity contribution < 1.29 is 14.0 Å². The van der Waals surface area contributed by atoms with Crippen molar-refractivity contribution in [2.45, 2.75) is 49.5 Å². The number of fused-ring (bicyclic) bond motifs is 3. The maximum atomic E-state index is 13.2. The Hall–Kier alpha value is -2.50. The number of carbonyl (C=O) groups is 2. The van der Waals surface area contributed by atoms with Crippen LogP contribution in [-0.2, 0) is 9.59 Å². The van der Waals surface area contributed by atoms with Gasteiger partial charge in [0.1, 0.15) is 11.9 Å². The van der Waals surface area contributed by atoms with Crippen molar-refractivity contribution in [2.75, 3.05) is 18.0 Å². The van der Waals surface area contributed by atoms with Crippen molar-refractivity contribution in [2.24, 2.45) is 11.7 Å². The van der Waals surface area contributed by atoms with Crippen LogP contribution in [0.2, 0.25) is 0 Å². The predicted molar refractivity (Wildman–Crippen MR) is 98.4 cm³/mol. The van der Waals surface area contributed by atoms with E-state index in [9.17, 15) is 19.2 Å². The zero-order valence-electron chi connectivity index (χ0n) is 15.4. The van der Waals surface area contributed by atoms with Crippen LogP contribution in [0.15, 0.2) is 24.3 Å². The summed E-state index contributed by atoms with van der Waals surface area (Å²) in [4.78, 5) is 31.1. The highest BCUT2D eigenvalue weighted by atomic mass is 19.1. The lowest BCUT2D eigenvalue weighted by molar-refractivity contribution is -0.135. The molecular weight excluding hydrogens is 361 g/mol. The molecule has 0 aromatic heterocycles.